The topological polar surface area (TPSA) is 20.2 Å². The Bertz CT molecular complexity index is 413. The summed E-state index contributed by atoms with van der Waals surface area (Å²) in [6.45, 7) is 3.96. The Hall–Kier alpha value is -1.12. The summed E-state index contributed by atoms with van der Waals surface area (Å²) in [5, 5.41) is 9.66. The fourth-order valence-corrected chi connectivity index (χ4v) is 2.77. The van der Waals surface area contributed by atoms with Crippen molar-refractivity contribution in [2.75, 3.05) is 0 Å². The van der Waals surface area contributed by atoms with Gasteiger partial charge in [-0.2, -0.15) is 0 Å². The van der Waals surface area contributed by atoms with Crippen LogP contribution in [0.25, 0.3) is 0 Å². The van der Waals surface area contributed by atoms with Crippen molar-refractivity contribution in [3.63, 3.8) is 0 Å². The summed E-state index contributed by atoms with van der Waals surface area (Å²) in [4.78, 5) is 0. The van der Waals surface area contributed by atoms with Crippen LogP contribution in [0.3, 0.4) is 0 Å². The molecule has 0 saturated heterocycles. The lowest BCUT2D eigenvalue weighted by molar-refractivity contribution is 0.105. The summed E-state index contributed by atoms with van der Waals surface area (Å²) < 4.78 is 26.2. The third-order valence-electron chi connectivity index (χ3n) is 3.54. The molecule has 1 N–H and O–H groups in total. The highest BCUT2D eigenvalue weighted by atomic mass is 19.3. The molecule has 2 rings (SSSR count). The Morgan fingerprint density at radius 3 is 2.59 bits per heavy atom. The summed E-state index contributed by atoms with van der Waals surface area (Å²) in [5.41, 5.74) is 2.58. The molecule has 0 radical (unpaired) electrons. The molecule has 1 unspecified atom stereocenters. The van der Waals surface area contributed by atoms with Crippen LogP contribution in [0.2, 0.25) is 0 Å². The minimum absolute atomic E-state index is 0.162. The van der Waals surface area contributed by atoms with Crippen LogP contribution in [0.4, 0.5) is 8.78 Å². The zero-order valence-electron chi connectivity index (χ0n) is 10.2. The van der Waals surface area contributed by atoms with Crippen LogP contribution in [0.5, 0.6) is 5.75 Å². The van der Waals surface area contributed by atoms with Gasteiger partial charge in [-0.1, -0.05) is 13.8 Å². The van der Waals surface area contributed by atoms with E-state index in [4.69, 9.17) is 0 Å². The van der Waals surface area contributed by atoms with Gasteiger partial charge in [0.1, 0.15) is 5.75 Å². The molecule has 0 bridgehead atoms. The van der Waals surface area contributed by atoms with E-state index in [9.17, 15) is 13.9 Å². The van der Waals surface area contributed by atoms with E-state index < -0.39 is 12.3 Å². The predicted molar refractivity (Wildman–Crippen MR) is 63.9 cm³/mol. The molecule has 94 valence electrons. The van der Waals surface area contributed by atoms with Gasteiger partial charge in [0, 0.05) is 5.92 Å². The fourth-order valence-electron chi connectivity index (χ4n) is 2.77. The highest BCUT2D eigenvalue weighted by molar-refractivity contribution is 5.46. The average molecular weight is 240 g/mol. The number of rotatable bonds is 2. The maximum Gasteiger partial charge on any atom is 0.245 e. The van der Waals surface area contributed by atoms with Crippen molar-refractivity contribution in [3.8, 4) is 5.75 Å². The van der Waals surface area contributed by atoms with Gasteiger partial charge < -0.3 is 5.11 Å². The van der Waals surface area contributed by atoms with Crippen molar-refractivity contribution in [3.05, 3.63) is 28.8 Å². The molecule has 0 spiro atoms. The normalized spacial score (nSPS) is 19.8. The highest BCUT2D eigenvalue weighted by Gasteiger charge is 2.31. The zero-order chi connectivity index (χ0) is 12.6. The molecule has 1 aliphatic carbocycles. The van der Waals surface area contributed by atoms with E-state index >= 15 is 0 Å². The number of hydrogen-bond acceptors (Lipinski definition) is 1. The van der Waals surface area contributed by atoms with Gasteiger partial charge in [-0.15, -0.1) is 0 Å². The van der Waals surface area contributed by atoms with Crippen molar-refractivity contribution in [2.45, 2.75) is 51.4 Å². The molecular formula is C14H18F2O. The first-order valence-electron chi connectivity index (χ1n) is 6.14. The molecule has 0 aliphatic heterocycles. The maximum absolute atomic E-state index is 13.1. The fraction of sp³-hybridized carbons (Fsp3) is 0.571. The molecule has 0 amide bonds. The number of aromatic hydroxyl groups is 1. The second-order valence-electron chi connectivity index (χ2n) is 5.10. The van der Waals surface area contributed by atoms with Crippen molar-refractivity contribution in [1.29, 1.82) is 0 Å². The lowest BCUT2D eigenvalue weighted by Crippen LogP contribution is -2.19. The monoisotopic (exact) mass is 240 g/mol. The Morgan fingerprint density at radius 2 is 2.00 bits per heavy atom. The molecule has 3 heteroatoms. The van der Waals surface area contributed by atoms with Gasteiger partial charge in [0.05, 0.1) is 0 Å². The minimum atomic E-state index is -2.31. The zero-order valence-corrected chi connectivity index (χ0v) is 10.2. The molecule has 1 atom stereocenters. The van der Waals surface area contributed by atoms with Gasteiger partial charge in [0.2, 0.25) is 6.43 Å². The molecule has 1 aromatic rings. The quantitative estimate of drug-likeness (QED) is 0.821. The van der Waals surface area contributed by atoms with Crippen LogP contribution in [-0.4, -0.2) is 11.5 Å². The van der Waals surface area contributed by atoms with E-state index in [2.05, 4.69) is 0 Å². The van der Waals surface area contributed by atoms with Crippen LogP contribution < -0.4 is 0 Å². The number of alkyl halides is 2. The van der Waals surface area contributed by atoms with E-state index in [0.29, 0.717) is 6.42 Å². The van der Waals surface area contributed by atoms with Gasteiger partial charge in [-0.05, 0) is 54.0 Å². The average Bonchev–Trinajstić information content (AvgIpc) is 2.26. The Balaban J connectivity index is 2.57. The largest absolute Gasteiger partial charge is 0.508 e. The second-order valence-corrected chi connectivity index (χ2v) is 5.10. The summed E-state index contributed by atoms with van der Waals surface area (Å²) in [7, 11) is 0. The molecule has 0 aromatic heterocycles. The van der Waals surface area contributed by atoms with Crippen LogP contribution in [0.1, 0.15) is 55.2 Å². The predicted octanol–water partition coefficient (Wildman–Crippen LogP) is 4.20. The summed E-state index contributed by atoms with van der Waals surface area (Å²) in [6, 6.07) is 3.29. The maximum atomic E-state index is 13.1. The summed E-state index contributed by atoms with van der Waals surface area (Å²) in [6.07, 6.45) is -0.179. The highest BCUT2D eigenvalue weighted by Crippen LogP contribution is 2.41. The van der Waals surface area contributed by atoms with E-state index in [1.165, 1.54) is 0 Å². The van der Waals surface area contributed by atoms with Crippen LogP contribution >= 0.6 is 0 Å². The first-order chi connectivity index (χ1) is 8.00. The molecular weight excluding hydrogens is 222 g/mol. The third-order valence-corrected chi connectivity index (χ3v) is 3.54. The number of fused-ring (bicyclic) bond motifs is 1. The van der Waals surface area contributed by atoms with Gasteiger partial charge in [0.25, 0.3) is 0 Å². The van der Waals surface area contributed by atoms with Crippen molar-refractivity contribution >= 4 is 0 Å². The van der Waals surface area contributed by atoms with Gasteiger partial charge in [0.15, 0.2) is 0 Å². The third kappa shape index (κ3) is 2.28. The van der Waals surface area contributed by atoms with Crippen molar-refractivity contribution in [2.24, 2.45) is 0 Å². The number of hydrogen-bond donors (Lipinski definition) is 1. The van der Waals surface area contributed by atoms with E-state index in [0.717, 1.165) is 29.5 Å². The lowest BCUT2D eigenvalue weighted by atomic mass is 9.78. The smallest absolute Gasteiger partial charge is 0.245 e. The number of phenolic OH excluding ortho intramolecular Hbond substituents is 1. The Morgan fingerprint density at radius 1 is 1.29 bits per heavy atom. The number of benzene rings is 1. The summed E-state index contributed by atoms with van der Waals surface area (Å²) in [5.74, 6) is -0.297. The molecule has 1 nitrogen and oxygen atoms in total. The molecule has 17 heavy (non-hydrogen) atoms. The molecule has 1 aromatic carbocycles. The molecule has 0 heterocycles. The van der Waals surface area contributed by atoms with Crippen LogP contribution in [-0.2, 0) is 6.42 Å². The number of halogens is 2. The van der Waals surface area contributed by atoms with Crippen LogP contribution in [0.15, 0.2) is 12.1 Å². The van der Waals surface area contributed by atoms with E-state index in [1.807, 2.05) is 13.8 Å². The Labute approximate surface area is 100 Å². The van der Waals surface area contributed by atoms with Crippen molar-refractivity contribution < 1.29 is 13.9 Å². The first kappa shape index (κ1) is 12.3. The molecule has 0 fully saturated rings. The van der Waals surface area contributed by atoms with Gasteiger partial charge in [-0.25, -0.2) is 8.78 Å². The Kier molecular flexibility index (Phi) is 3.36. The van der Waals surface area contributed by atoms with E-state index in [1.54, 1.807) is 12.1 Å². The SMILES string of the molecule is CC(C)c1cc(O)cc2c1C(C(F)F)CCC2. The second kappa shape index (κ2) is 4.63. The molecule has 0 saturated carbocycles. The number of aryl methyl sites for hydroxylation is 1. The molecule has 1 aliphatic rings. The van der Waals surface area contributed by atoms with E-state index in [-0.39, 0.29) is 11.7 Å². The number of phenols is 1. The van der Waals surface area contributed by atoms with Gasteiger partial charge >= 0.3 is 0 Å². The lowest BCUT2D eigenvalue weighted by Gasteiger charge is -2.29. The standard InChI is InChI=1S/C14H18F2O/c1-8(2)12-7-10(17)6-9-4-3-5-11(13(9)12)14(15)16/h6-8,11,14,17H,3-5H2,1-2H3. The van der Waals surface area contributed by atoms with Gasteiger partial charge in [-0.3, -0.25) is 0 Å². The minimum Gasteiger partial charge on any atom is -0.508 e. The van der Waals surface area contributed by atoms with Crippen molar-refractivity contribution in [1.82, 2.24) is 0 Å². The van der Waals surface area contributed by atoms with Crippen LogP contribution in [0, 0.1) is 0 Å². The first-order valence-corrected chi connectivity index (χ1v) is 6.14. The summed E-state index contributed by atoms with van der Waals surface area (Å²) >= 11 is 0.